The van der Waals surface area contributed by atoms with Crippen LogP contribution in [0.3, 0.4) is 0 Å². The van der Waals surface area contributed by atoms with Crippen LogP contribution in [0.2, 0.25) is 0 Å². The Morgan fingerprint density at radius 3 is 3.13 bits per heavy atom. The second-order valence-corrected chi connectivity index (χ2v) is 3.99. The summed E-state index contributed by atoms with van der Waals surface area (Å²) in [6, 6.07) is 0. The molecule has 0 saturated carbocycles. The van der Waals surface area contributed by atoms with E-state index in [1.165, 1.54) is 11.8 Å². The van der Waals surface area contributed by atoms with E-state index in [-0.39, 0.29) is 5.97 Å². The summed E-state index contributed by atoms with van der Waals surface area (Å²) in [7, 11) is 0. The van der Waals surface area contributed by atoms with E-state index in [1.807, 2.05) is 0 Å². The van der Waals surface area contributed by atoms with Gasteiger partial charge in [0.05, 0.1) is 6.20 Å². The van der Waals surface area contributed by atoms with E-state index in [4.69, 9.17) is 4.74 Å². The molecule has 0 spiro atoms. The molecule has 0 aliphatic rings. The second-order valence-electron chi connectivity index (χ2n) is 3.04. The molecule has 0 aliphatic heterocycles. The number of nitrogens with zero attached hydrogens (tertiary/aromatic N) is 2. The lowest BCUT2D eigenvalue weighted by molar-refractivity contribution is -0.141. The van der Waals surface area contributed by atoms with Crippen molar-refractivity contribution >= 4 is 17.7 Å². The normalized spacial score (nSPS) is 10.2. The molecule has 1 aromatic heterocycles. The molecule has 0 saturated heterocycles. The molecule has 0 unspecified atom stereocenters. The van der Waals surface area contributed by atoms with Gasteiger partial charge < -0.3 is 4.74 Å². The number of aromatic amines is 1. The summed E-state index contributed by atoms with van der Waals surface area (Å²) >= 11 is 1.35. The van der Waals surface area contributed by atoms with Crippen LogP contribution in [-0.2, 0) is 9.53 Å². The van der Waals surface area contributed by atoms with Gasteiger partial charge in [0, 0.05) is 6.42 Å². The third-order valence-corrected chi connectivity index (χ3v) is 2.53. The van der Waals surface area contributed by atoms with Crippen molar-refractivity contribution in [3.05, 3.63) is 6.20 Å². The molecule has 5 nitrogen and oxygen atoms in total. The lowest BCUT2D eigenvalue weighted by atomic mass is 10.2. The molecule has 0 bridgehead atoms. The molecule has 6 heteroatoms. The predicted octanol–water partition coefficient (Wildman–Crippen LogP) is 1.98. The van der Waals surface area contributed by atoms with Crippen LogP contribution in [0.25, 0.3) is 0 Å². The number of rotatable bonds is 7. The number of unbranched alkanes of at least 4 members (excludes halogenated alkanes) is 2. The summed E-state index contributed by atoms with van der Waals surface area (Å²) in [5.74, 6) is 0.164. The van der Waals surface area contributed by atoms with E-state index in [0.29, 0.717) is 12.4 Å². The van der Waals surface area contributed by atoms with Crippen molar-refractivity contribution in [1.82, 2.24) is 15.4 Å². The summed E-state index contributed by atoms with van der Waals surface area (Å²) in [4.78, 5) is 11.2. The van der Waals surface area contributed by atoms with Crippen molar-refractivity contribution in [2.75, 3.05) is 5.94 Å². The molecular weight excluding hydrogens is 214 g/mol. The minimum absolute atomic E-state index is 0.139. The lowest BCUT2D eigenvalue weighted by Crippen LogP contribution is -2.03. The van der Waals surface area contributed by atoms with Crippen LogP contribution in [0, 0.1) is 0 Å². The first-order valence-electron chi connectivity index (χ1n) is 4.97. The predicted molar refractivity (Wildman–Crippen MR) is 57.3 cm³/mol. The minimum Gasteiger partial charge on any atom is -0.454 e. The van der Waals surface area contributed by atoms with Crippen molar-refractivity contribution in [3.8, 4) is 0 Å². The zero-order valence-corrected chi connectivity index (χ0v) is 9.55. The molecule has 1 aromatic rings. The van der Waals surface area contributed by atoms with Gasteiger partial charge in [0.2, 0.25) is 0 Å². The number of H-pyrrole nitrogens is 1. The summed E-state index contributed by atoms with van der Waals surface area (Å²) in [6.07, 6.45) is 5.19. The van der Waals surface area contributed by atoms with Crippen molar-refractivity contribution in [3.63, 3.8) is 0 Å². The quantitative estimate of drug-likeness (QED) is 0.335. The number of thioether (sulfide) groups is 1. The summed E-state index contributed by atoms with van der Waals surface area (Å²) in [5, 5.41) is 10.7. The number of hydrogen-bond acceptors (Lipinski definition) is 5. The number of esters is 1. The minimum atomic E-state index is -0.139. The monoisotopic (exact) mass is 229 g/mol. The highest BCUT2D eigenvalue weighted by Gasteiger charge is 2.03. The van der Waals surface area contributed by atoms with Crippen LogP contribution in [0.1, 0.15) is 32.6 Å². The number of carbonyl (C=O) groups is 1. The molecule has 0 aliphatic carbocycles. The first-order valence-corrected chi connectivity index (χ1v) is 5.95. The smallest absolute Gasteiger partial charge is 0.306 e. The lowest BCUT2D eigenvalue weighted by Gasteiger charge is -2.02. The van der Waals surface area contributed by atoms with Crippen LogP contribution in [0.15, 0.2) is 11.2 Å². The molecule has 0 amide bonds. The molecule has 0 aromatic carbocycles. The fourth-order valence-electron chi connectivity index (χ4n) is 1.01. The van der Waals surface area contributed by atoms with Gasteiger partial charge in [-0.3, -0.25) is 4.79 Å². The van der Waals surface area contributed by atoms with Crippen molar-refractivity contribution in [2.45, 2.75) is 37.6 Å². The Hall–Kier alpha value is -1.04. The SMILES string of the molecule is CCCCCC(=O)OCSc1cn[nH]n1. The maximum atomic E-state index is 11.2. The van der Waals surface area contributed by atoms with E-state index >= 15 is 0 Å². The molecule has 15 heavy (non-hydrogen) atoms. The van der Waals surface area contributed by atoms with Gasteiger partial charge in [0.1, 0.15) is 11.0 Å². The molecule has 0 radical (unpaired) electrons. The van der Waals surface area contributed by atoms with Gasteiger partial charge >= 0.3 is 5.97 Å². The van der Waals surface area contributed by atoms with Gasteiger partial charge in [-0.25, -0.2) is 0 Å². The maximum Gasteiger partial charge on any atom is 0.306 e. The number of aromatic nitrogens is 3. The number of carbonyl (C=O) groups excluding carboxylic acids is 1. The Morgan fingerprint density at radius 1 is 1.60 bits per heavy atom. The van der Waals surface area contributed by atoms with E-state index < -0.39 is 0 Å². The summed E-state index contributed by atoms with van der Waals surface area (Å²) in [5.41, 5.74) is 0. The molecule has 1 heterocycles. The molecule has 1 N–H and O–H groups in total. The summed E-state index contributed by atoms with van der Waals surface area (Å²) < 4.78 is 5.00. The van der Waals surface area contributed by atoms with E-state index in [0.717, 1.165) is 24.3 Å². The van der Waals surface area contributed by atoms with Gasteiger partial charge in [0.25, 0.3) is 0 Å². The fourth-order valence-corrected chi connectivity index (χ4v) is 1.55. The van der Waals surface area contributed by atoms with Crippen LogP contribution in [0.5, 0.6) is 0 Å². The molecule has 1 rings (SSSR count). The van der Waals surface area contributed by atoms with Crippen LogP contribution in [0.4, 0.5) is 0 Å². The largest absolute Gasteiger partial charge is 0.454 e. The van der Waals surface area contributed by atoms with Gasteiger partial charge in [0.15, 0.2) is 0 Å². The van der Waals surface area contributed by atoms with Gasteiger partial charge in [-0.1, -0.05) is 31.5 Å². The van der Waals surface area contributed by atoms with Crippen LogP contribution in [-0.4, -0.2) is 27.3 Å². The second kappa shape index (κ2) is 7.28. The standard InChI is InChI=1S/C9H15N3O2S/c1-2-3-4-5-9(13)14-7-15-8-6-10-12-11-8/h6H,2-5,7H2,1H3,(H,10,11,12). The average Bonchev–Trinajstić information content (AvgIpc) is 2.71. The molecule has 0 fully saturated rings. The Labute approximate surface area is 93.0 Å². The van der Waals surface area contributed by atoms with Gasteiger partial charge in [-0.2, -0.15) is 10.3 Å². The first-order chi connectivity index (χ1) is 7.33. The zero-order valence-electron chi connectivity index (χ0n) is 8.73. The van der Waals surface area contributed by atoms with Crippen molar-refractivity contribution in [1.29, 1.82) is 0 Å². The first kappa shape index (κ1) is 12.0. The molecule has 0 atom stereocenters. The van der Waals surface area contributed by atoms with Crippen molar-refractivity contribution < 1.29 is 9.53 Å². The Balaban J connectivity index is 2.02. The highest BCUT2D eigenvalue weighted by molar-refractivity contribution is 7.99. The topological polar surface area (TPSA) is 67.9 Å². The summed E-state index contributed by atoms with van der Waals surface area (Å²) in [6.45, 7) is 2.10. The van der Waals surface area contributed by atoms with Gasteiger partial charge in [-0.05, 0) is 6.42 Å². The number of nitrogens with one attached hydrogen (secondary N) is 1. The number of ether oxygens (including phenoxy) is 1. The molecule has 84 valence electrons. The van der Waals surface area contributed by atoms with E-state index in [1.54, 1.807) is 6.20 Å². The number of hydrogen-bond donors (Lipinski definition) is 1. The third kappa shape index (κ3) is 5.41. The maximum absolute atomic E-state index is 11.2. The van der Waals surface area contributed by atoms with E-state index in [9.17, 15) is 4.79 Å². The highest BCUT2D eigenvalue weighted by atomic mass is 32.2. The van der Waals surface area contributed by atoms with E-state index in [2.05, 4.69) is 22.3 Å². The highest BCUT2D eigenvalue weighted by Crippen LogP contribution is 2.13. The fraction of sp³-hybridized carbons (Fsp3) is 0.667. The Bertz CT molecular complexity index is 277. The van der Waals surface area contributed by atoms with Gasteiger partial charge in [-0.15, -0.1) is 5.10 Å². The van der Waals surface area contributed by atoms with Crippen LogP contribution < -0.4 is 0 Å². The Kier molecular flexibility index (Phi) is 5.84. The average molecular weight is 229 g/mol. The zero-order chi connectivity index (χ0) is 10.9. The van der Waals surface area contributed by atoms with Crippen molar-refractivity contribution in [2.24, 2.45) is 0 Å². The third-order valence-electron chi connectivity index (χ3n) is 1.80. The Morgan fingerprint density at radius 2 is 2.47 bits per heavy atom. The van der Waals surface area contributed by atoms with Crippen LogP contribution >= 0.6 is 11.8 Å². The molecular formula is C9H15N3O2S.